The summed E-state index contributed by atoms with van der Waals surface area (Å²) in [6.07, 6.45) is 1.99. The molecule has 6 nitrogen and oxygen atoms in total. The van der Waals surface area contributed by atoms with Crippen molar-refractivity contribution in [2.45, 2.75) is 39.7 Å². The van der Waals surface area contributed by atoms with E-state index < -0.39 is 0 Å². The van der Waals surface area contributed by atoms with E-state index in [0.29, 0.717) is 0 Å². The van der Waals surface area contributed by atoms with Gasteiger partial charge < -0.3 is 15.5 Å². The number of nitrogens with zero attached hydrogens (tertiary/aromatic N) is 2. The normalized spacial score (nSPS) is 15.9. The van der Waals surface area contributed by atoms with E-state index in [2.05, 4.69) is 22.5 Å². The van der Waals surface area contributed by atoms with Crippen LogP contribution in [0.25, 0.3) is 0 Å². The molecule has 6 heteroatoms. The number of nitrogens with one attached hydrogen (secondary N) is 2. The van der Waals surface area contributed by atoms with E-state index in [0.717, 1.165) is 49.3 Å². The predicted molar refractivity (Wildman–Crippen MR) is 105 cm³/mol. The van der Waals surface area contributed by atoms with Crippen LogP contribution in [0.1, 0.15) is 30.9 Å². The van der Waals surface area contributed by atoms with Crippen molar-refractivity contribution in [1.29, 1.82) is 0 Å². The fourth-order valence-corrected chi connectivity index (χ4v) is 3.40. The maximum absolute atomic E-state index is 12.3. The molecule has 0 radical (unpaired) electrons. The van der Waals surface area contributed by atoms with Gasteiger partial charge in [0.2, 0.25) is 11.8 Å². The molecule has 2 N–H and O–H groups in total. The zero-order chi connectivity index (χ0) is 19.1. The van der Waals surface area contributed by atoms with Crippen LogP contribution in [0.2, 0.25) is 0 Å². The molecule has 26 heavy (non-hydrogen) atoms. The Morgan fingerprint density at radius 1 is 1.12 bits per heavy atom. The smallest absolute Gasteiger partial charge is 0.238 e. The number of piperidine rings is 1. The minimum Gasteiger partial charge on any atom is -0.352 e. The number of aryl methyl sites for hydroxylation is 2. The van der Waals surface area contributed by atoms with E-state index in [1.165, 1.54) is 0 Å². The zero-order valence-electron chi connectivity index (χ0n) is 16.5. The number of likely N-dealkylation sites (tertiary alicyclic amines) is 1. The zero-order valence-corrected chi connectivity index (χ0v) is 16.5. The summed E-state index contributed by atoms with van der Waals surface area (Å²) >= 11 is 0. The van der Waals surface area contributed by atoms with Crippen molar-refractivity contribution in [3.63, 3.8) is 0 Å². The summed E-state index contributed by atoms with van der Waals surface area (Å²) in [6.45, 7) is 9.68. The van der Waals surface area contributed by atoms with Crippen LogP contribution >= 0.6 is 0 Å². The van der Waals surface area contributed by atoms with E-state index in [1.807, 2.05) is 32.0 Å². The molecule has 1 saturated heterocycles. The summed E-state index contributed by atoms with van der Waals surface area (Å²) in [5.41, 5.74) is 2.94. The van der Waals surface area contributed by atoms with Gasteiger partial charge in [-0.25, -0.2) is 0 Å². The van der Waals surface area contributed by atoms with Crippen molar-refractivity contribution in [3.8, 4) is 0 Å². The van der Waals surface area contributed by atoms with Gasteiger partial charge in [-0.3, -0.25) is 14.5 Å². The van der Waals surface area contributed by atoms with Crippen LogP contribution in [0.3, 0.4) is 0 Å². The lowest BCUT2D eigenvalue weighted by molar-refractivity contribution is -0.123. The highest BCUT2D eigenvalue weighted by Crippen LogP contribution is 2.19. The summed E-state index contributed by atoms with van der Waals surface area (Å²) in [4.78, 5) is 28.6. The van der Waals surface area contributed by atoms with E-state index >= 15 is 0 Å². The Labute approximate surface area is 156 Å². The minimum atomic E-state index is -0.103. The van der Waals surface area contributed by atoms with Crippen LogP contribution < -0.4 is 10.6 Å². The molecule has 144 valence electrons. The van der Waals surface area contributed by atoms with Gasteiger partial charge in [0.05, 0.1) is 13.1 Å². The minimum absolute atomic E-state index is 0.0117. The Hall–Kier alpha value is -1.92. The summed E-state index contributed by atoms with van der Waals surface area (Å²) in [6, 6.07) is 6.18. The number of rotatable bonds is 7. The average molecular weight is 361 g/mol. The second-order valence-corrected chi connectivity index (χ2v) is 7.26. The standard InChI is InChI=1S/C20H32N4O2/c1-5-24-11-9-17(10-12-24)21-18(25)13-23(4)14-19(26)22-20-15(2)7-6-8-16(20)3/h6-8,17H,5,9-14H2,1-4H3,(H,21,25)(H,22,26). The van der Waals surface area contributed by atoms with Gasteiger partial charge in [0, 0.05) is 24.8 Å². The highest BCUT2D eigenvalue weighted by Gasteiger charge is 2.20. The van der Waals surface area contributed by atoms with Crippen molar-refractivity contribution in [1.82, 2.24) is 15.1 Å². The number of anilines is 1. The highest BCUT2D eigenvalue weighted by molar-refractivity contribution is 5.94. The van der Waals surface area contributed by atoms with Gasteiger partial charge in [-0.2, -0.15) is 0 Å². The Bertz CT molecular complexity index is 604. The molecule has 0 spiro atoms. The van der Waals surface area contributed by atoms with E-state index in [-0.39, 0.29) is 30.9 Å². The Morgan fingerprint density at radius 2 is 1.69 bits per heavy atom. The molecule has 1 fully saturated rings. The van der Waals surface area contributed by atoms with Crippen LogP contribution in [0.5, 0.6) is 0 Å². The predicted octanol–water partition coefficient (Wildman–Crippen LogP) is 1.77. The van der Waals surface area contributed by atoms with Gasteiger partial charge in [-0.05, 0) is 51.4 Å². The number of hydrogen-bond acceptors (Lipinski definition) is 4. The van der Waals surface area contributed by atoms with Gasteiger partial charge >= 0.3 is 0 Å². The molecule has 2 amide bonds. The van der Waals surface area contributed by atoms with E-state index in [4.69, 9.17) is 0 Å². The maximum atomic E-state index is 12.3. The van der Waals surface area contributed by atoms with Crippen molar-refractivity contribution >= 4 is 17.5 Å². The molecule has 1 aromatic carbocycles. The van der Waals surface area contributed by atoms with Crippen LogP contribution in [-0.4, -0.2) is 67.4 Å². The molecule has 1 heterocycles. The molecule has 1 aromatic rings. The number of carbonyl (C=O) groups excluding carboxylic acids is 2. The number of para-hydroxylation sites is 1. The third-order valence-electron chi connectivity index (χ3n) is 4.97. The molecule has 1 aliphatic rings. The first-order valence-electron chi connectivity index (χ1n) is 9.45. The fraction of sp³-hybridized carbons (Fsp3) is 0.600. The van der Waals surface area contributed by atoms with Crippen LogP contribution in [0, 0.1) is 13.8 Å². The summed E-state index contributed by atoms with van der Waals surface area (Å²) in [5, 5.41) is 6.05. The summed E-state index contributed by atoms with van der Waals surface area (Å²) < 4.78 is 0. The molecule has 1 aliphatic heterocycles. The molecule has 0 atom stereocenters. The van der Waals surface area contributed by atoms with Gasteiger partial charge in [0.15, 0.2) is 0 Å². The van der Waals surface area contributed by atoms with Crippen LogP contribution in [-0.2, 0) is 9.59 Å². The molecule has 2 rings (SSSR count). The number of amides is 2. The van der Waals surface area contributed by atoms with Crippen molar-refractivity contribution in [3.05, 3.63) is 29.3 Å². The van der Waals surface area contributed by atoms with Crippen molar-refractivity contribution < 1.29 is 9.59 Å². The first kappa shape index (κ1) is 20.4. The monoisotopic (exact) mass is 360 g/mol. The second kappa shape index (κ2) is 9.69. The Kier molecular flexibility index (Phi) is 7.60. The largest absolute Gasteiger partial charge is 0.352 e. The highest BCUT2D eigenvalue weighted by atomic mass is 16.2. The second-order valence-electron chi connectivity index (χ2n) is 7.26. The number of benzene rings is 1. The average Bonchev–Trinajstić information content (AvgIpc) is 2.58. The van der Waals surface area contributed by atoms with Crippen LogP contribution in [0.15, 0.2) is 18.2 Å². The molecule has 0 saturated carbocycles. The van der Waals surface area contributed by atoms with Crippen molar-refractivity contribution in [2.75, 3.05) is 45.1 Å². The Morgan fingerprint density at radius 3 is 2.27 bits per heavy atom. The fourth-order valence-electron chi connectivity index (χ4n) is 3.40. The number of hydrogen-bond donors (Lipinski definition) is 2. The third kappa shape index (κ3) is 6.11. The maximum Gasteiger partial charge on any atom is 0.238 e. The Balaban J connectivity index is 1.74. The number of carbonyl (C=O) groups is 2. The first-order valence-corrected chi connectivity index (χ1v) is 9.45. The van der Waals surface area contributed by atoms with E-state index in [9.17, 15) is 9.59 Å². The van der Waals surface area contributed by atoms with Crippen molar-refractivity contribution in [2.24, 2.45) is 0 Å². The molecule has 0 bridgehead atoms. The lowest BCUT2D eigenvalue weighted by Gasteiger charge is -2.31. The lowest BCUT2D eigenvalue weighted by atomic mass is 10.1. The van der Waals surface area contributed by atoms with Gasteiger partial charge in [0.1, 0.15) is 0 Å². The lowest BCUT2D eigenvalue weighted by Crippen LogP contribution is -2.47. The topological polar surface area (TPSA) is 64.7 Å². The van der Waals surface area contributed by atoms with Gasteiger partial charge in [-0.1, -0.05) is 25.1 Å². The molecule has 0 unspecified atom stereocenters. The molecular weight excluding hydrogens is 328 g/mol. The summed E-state index contributed by atoms with van der Waals surface area (Å²) in [7, 11) is 1.80. The quantitative estimate of drug-likeness (QED) is 0.778. The van der Waals surface area contributed by atoms with Gasteiger partial charge in [0.25, 0.3) is 0 Å². The van der Waals surface area contributed by atoms with Crippen LogP contribution in [0.4, 0.5) is 5.69 Å². The molecule has 0 aliphatic carbocycles. The third-order valence-corrected chi connectivity index (χ3v) is 4.97. The summed E-state index contributed by atoms with van der Waals surface area (Å²) in [5.74, 6) is -0.115. The van der Waals surface area contributed by atoms with E-state index in [1.54, 1.807) is 11.9 Å². The number of likely N-dealkylation sites (N-methyl/N-ethyl adjacent to an activating group) is 1. The van der Waals surface area contributed by atoms with Gasteiger partial charge in [-0.15, -0.1) is 0 Å². The molecule has 0 aromatic heterocycles. The molecular formula is C20H32N4O2. The first-order chi connectivity index (χ1) is 12.4. The SMILES string of the molecule is CCN1CCC(NC(=O)CN(C)CC(=O)Nc2c(C)cccc2C)CC1.